The van der Waals surface area contributed by atoms with Crippen LogP contribution in [0.1, 0.15) is 38.9 Å². The molecule has 1 aromatic heterocycles. The number of nitrogens with one attached hydrogen (secondary N) is 1. The van der Waals surface area contributed by atoms with E-state index in [0.717, 1.165) is 18.1 Å². The van der Waals surface area contributed by atoms with E-state index < -0.39 is 0 Å². The Balaban J connectivity index is 2.00. The van der Waals surface area contributed by atoms with Crippen molar-refractivity contribution in [1.82, 2.24) is 15.1 Å². The van der Waals surface area contributed by atoms with Gasteiger partial charge >= 0.3 is 0 Å². The number of hydrogen-bond acceptors (Lipinski definition) is 4. The molecule has 20 heavy (non-hydrogen) atoms. The largest absolute Gasteiger partial charge is 0.315 e. The summed E-state index contributed by atoms with van der Waals surface area (Å²) in [5, 5.41) is 9.68. The van der Waals surface area contributed by atoms with Gasteiger partial charge in [0.1, 0.15) is 0 Å². The molecule has 3 nitrogen and oxygen atoms in total. The average molecular weight is 314 g/mol. The van der Waals surface area contributed by atoms with Gasteiger partial charge in [0.25, 0.3) is 0 Å². The van der Waals surface area contributed by atoms with Crippen molar-refractivity contribution in [2.75, 3.05) is 18.6 Å². The Morgan fingerprint density at radius 3 is 2.85 bits per heavy atom. The third-order valence-electron chi connectivity index (χ3n) is 4.14. The van der Waals surface area contributed by atoms with E-state index in [1.807, 2.05) is 0 Å². The van der Waals surface area contributed by atoms with Crippen LogP contribution in [0.2, 0.25) is 0 Å². The van der Waals surface area contributed by atoms with Gasteiger partial charge in [0.05, 0.1) is 5.69 Å². The van der Waals surface area contributed by atoms with E-state index in [4.69, 9.17) is 5.10 Å². The Morgan fingerprint density at radius 2 is 2.20 bits per heavy atom. The Morgan fingerprint density at radius 1 is 1.45 bits per heavy atom. The van der Waals surface area contributed by atoms with E-state index in [2.05, 4.69) is 73.6 Å². The van der Waals surface area contributed by atoms with Gasteiger partial charge in [0.15, 0.2) is 0 Å². The Labute approximate surface area is 131 Å². The van der Waals surface area contributed by atoms with Crippen LogP contribution in [-0.2, 0) is 6.42 Å². The summed E-state index contributed by atoms with van der Waals surface area (Å²) in [6.07, 6.45) is 4.29. The minimum absolute atomic E-state index is 0.496. The predicted octanol–water partition coefficient (Wildman–Crippen LogP) is 3.22. The molecule has 1 fully saturated rings. The molecule has 0 aromatic carbocycles. The molecule has 1 N–H and O–H groups in total. The molecule has 1 aromatic rings. The lowest BCUT2D eigenvalue weighted by Crippen LogP contribution is -2.44. The molecule has 5 heteroatoms. The third kappa shape index (κ3) is 3.95. The lowest BCUT2D eigenvalue weighted by molar-refractivity contribution is 0.465. The molecule has 1 saturated heterocycles. The molecule has 4 unspecified atom stereocenters. The maximum atomic E-state index is 4.75. The molecule has 4 atom stereocenters. The highest BCUT2D eigenvalue weighted by Crippen LogP contribution is 2.33. The second kappa shape index (κ2) is 7.76. The van der Waals surface area contributed by atoms with E-state index in [1.165, 1.54) is 17.2 Å². The minimum atomic E-state index is 0.496. The number of likely N-dealkylation sites (N-methyl/N-ethyl adjacent to an activating group) is 1. The summed E-state index contributed by atoms with van der Waals surface area (Å²) in [6.45, 7) is 6.80. The molecular weight excluding hydrogens is 286 g/mol. The summed E-state index contributed by atoms with van der Waals surface area (Å²) in [7, 11) is 2.09. The first-order valence-electron chi connectivity index (χ1n) is 7.60. The van der Waals surface area contributed by atoms with Crippen LogP contribution in [0.4, 0.5) is 0 Å². The van der Waals surface area contributed by atoms with Gasteiger partial charge in [-0.05, 0) is 26.5 Å². The standard InChI is InChI=1S/C15H27N3S2/c1-5-11(2)18-7-6-13(17-18)10-14(16-4)15-12(3)19-8-9-20-15/h6-7,11-12,14-16H,5,8-10H2,1-4H3. The van der Waals surface area contributed by atoms with Gasteiger partial charge in [-0.2, -0.15) is 28.6 Å². The smallest absolute Gasteiger partial charge is 0.0640 e. The second-order valence-electron chi connectivity index (χ2n) is 5.55. The van der Waals surface area contributed by atoms with E-state index in [9.17, 15) is 0 Å². The molecular formula is C15H27N3S2. The highest BCUT2D eigenvalue weighted by molar-refractivity contribution is 8.07. The monoisotopic (exact) mass is 313 g/mol. The fraction of sp³-hybridized carbons (Fsp3) is 0.800. The van der Waals surface area contributed by atoms with E-state index in [-0.39, 0.29) is 0 Å². The maximum Gasteiger partial charge on any atom is 0.0640 e. The molecule has 0 bridgehead atoms. The van der Waals surface area contributed by atoms with Gasteiger partial charge in [-0.25, -0.2) is 0 Å². The fourth-order valence-electron chi connectivity index (χ4n) is 2.62. The number of hydrogen-bond donors (Lipinski definition) is 1. The van der Waals surface area contributed by atoms with Crippen LogP contribution in [0.25, 0.3) is 0 Å². The van der Waals surface area contributed by atoms with E-state index in [1.54, 1.807) is 0 Å². The zero-order chi connectivity index (χ0) is 14.5. The van der Waals surface area contributed by atoms with Crippen LogP contribution in [0.15, 0.2) is 12.3 Å². The second-order valence-corrected chi connectivity index (χ2v) is 8.33. The van der Waals surface area contributed by atoms with E-state index >= 15 is 0 Å². The van der Waals surface area contributed by atoms with Crippen LogP contribution in [0.3, 0.4) is 0 Å². The lowest BCUT2D eigenvalue weighted by Gasteiger charge is -2.34. The predicted molar refractivity (Wildman–Crippen MR) is 91.9 cm³/mol. The van der Waals surface area contributed by atoms with Crippen LogP contribution >= 0.6 is 23.5 Å². The molecule has 2 rings (SSSR count). The molecule has 2 heterocycles. The van der Waals surface area contributed by atoms with Crippen LogP contribution in [-0.4, -0.2) is 44.9 Å². The lowest BCUT2D eigenvalue weighted by atomic mass is 10.1. The van der Waals surface area contributed by atoms with Crippen molar-refractivity contribution in [3.63, 3.8) is 0 Å². The zero-order valence-electron chi connectivity index (χ0n) is 13.0. The van der Waals surface area contributed by atoms with Gasteiger partial charge in [0.2, 0.25) is 0 Å². The molecule has 0 saturated carbocycles. The summed E-state index contributed by atoms with van der Waals surface area (Å²) in [5.74, 6) is 2.57. The fourth-order valence-corrected chi connectivity index (χ4v) is 5.62. The highest BCUT2D eigenvalue weighted by Gasteiger charge is 2.30. The van der Waals surface area contributed by atoms with Gasteiger partial charge in [-0.3, -0.25) is 4.68 Å². The molecule has 0 aliphatic carbocycles. The highest BCUT2D eigenvalue weighted by atomic mass is 32.2. The topological polar surface area (TPSA) is 29.9 Å². The summed E-state index contributed by atoms with van der Waals surface area (Å²) in [5.41, 5.74) is 1.22. The van der Waals surface area contributed by atoms with Gasteiger partial charge in [0, 0.05) is 46.7 Å². The number of nitrogens with zero attached hydrogens (tertiary/aromatic N) is 2. The molecule has 114 valence electrons. The maximum absolute atomic E-state index is 4.75. The van der Waals surface area contributed by atoms with Crippen molar-refractivity contribution in [2.45, 2.75) is 56.2 Å². The third-order valence-corrected chi connectivity index (χ3v) is 7.39. The Bertz CT molecular complexity index is 408. The molecule has 0 spiro atoms. The summed E-state index contributed by atoms with van der Waals surface area (Å²) >= 11 is 4.23. The Kier molecular flexibility index (Phi) is 6.30. The number of thioether (sulfide) groups is 2. The summed E-state index contributed by atoms with van der Waals surface area (Å²) < 4.78 is 2.11. The molecule has 1 aliphatic rings. The summed E-state index contributed by atoms with van der Waals surface area (Å²) in [6, 6.07) is 3.19. The van der Waals surface area contributed by atoms with Gasteiger partial charge < -0.3 is 5.32 Å². The van der Waals surface area contributed by atoms with Crippen LogP contribution < -0.4 is 5.32 Å². The molecule has 1 aliphatic heterocycles. The first kappa shape index (κ1) is 16.2. The Hall–Kier alpha value is -0.130. The van der Waals surface area contributed by atoms with Crippen LogP contribution in [0.5, 0.6) is 0 Å². The molecule has 0 amide bonds. The van der Waals surface area contributed by atoms with Crippen molar-refractivity contribution < 1.29 is 0 Å². The first-order chi connectivity index (χ1) is 9.65. The average Bonchev–Trinajstić information content (AvgIpc) is 2.93. The first-order valence-corrected chi connectivity index (χ1v) is 9.70. The minimum Gasteiger partial charge on any atom is -0.315 e. The number of rotatable bonds is 6. The van der Waals surface area contributed by atoms with Crippen molar-refractivity contribution in [3.8, 4) is 0 Å². The van der Waals surface area contributed by atoms with Crippen molar-refractivity contribution >= 4 is 23.5 Å². The van der Waals surface area contributed by atoms with Crippen molar-refractivity contribution in [1.29, 1.82) is 0 Å². The van der Waals surface area contributed by atoms with E-state index in [0.29, 0.717) is 17.3 Å². The normalized spacial score (nSPS) is 26.4. The SMILES string of the molecule is CCC(C)n1ccc(CC(NC)C2SCCSC2C)n1. The zero-order valence-corrected chi connectivity index (χ0v) is 14.6. The van der Waals surface area contributed by atoms with Gasteiger partial charge in [-0.15, -0.1) is 0 Å². The van der Waals surface area contributed by atoms with Gasteiger partial charge in [-0.1, -0.05) is 13.8 Å². The number of aromatic nitrogens is 2. The van der Waals surface area contributed by atoms with Crippen LogP contribution in [0, 0.1) is 0 Å². The summed E-state index contributed by atoms with van der Waals surface area (Å²) in [4.78, 5) is 0. The van der Waals surface area contributed by atoms with Crippen molar-refractivity contribution in [2.24, 2.45) is 0 Å². The molecule has 0 radical (unpaired) electrons. The quantitative estimate of drug-likeness (QED) is 0.873. The van der Waals surface area contributed by atoms with Crippen molar-refractivity contribution in [3.05, 3.63) is 18.0 Å².